The molecular formula is C12H16N2O3. The summed E-state index contributed by atoms with van der Waals surface area (Å²) in [4.78, 5) is 12.2. The molecule has 4 N–H and O–H groups in total. The summed E-state index contributed by atoms with van der Waals surface area (Å²) < 4.78 is 0. The molecule has 1 amide bonds. The third kappa shape index (κ3) is 1.99. The first-order valence-electron chi connectivity index (χ1n) is 5.51. The summed E-state index contributed by atoms with van der Waals surface area (Å²) in [6, 6.07) is 9.34. The van der Waals surface area contributed by atoms with Crippen LogP contribution in [0.3, 0.4) is 0 Å². The Bertz CT molecular complexity index is 409. The highest BCUT2D eigenvalue weighted by Crippen LogP contribution is 2.34. The molecule has 0 spiro atoms. The minimum atomic E-state index is -0.994. The van der Waals surface area contributed by atoms with Gasteiger partial charge in [-0.2, -0.15) is 0 Å². The van der Waals surface area contributed by atoms with Crippen molar-refractivity contribution in [2.45, 2.75) is 5.54 Å². The molecule has 0 aliphatic carbocycles. The Morgan fingerprint density at radius 1 is 1.47 bits per heavy atom. The SMILES string of the molecule is NC1(c2ccccc2)CN(C(=O)O)CC1CO. The zero-order valence-corrected chi connectivity index (χ0v) is 9.41. The van der Waals surface area contributed by atoms with Crippen molar-refractivity contribution in [3.8, 4) is 0 Å². The van der Waals surface area contributed by atoms with Crippen LogP contribution < -0.4 is 5.73 Å². The van der Waals surface area contributed by atoms with E-state index >= 15 is 0 Å². The summed E-state index contributed by atoms with van der Waals surface area (Å²) in [5.74, 6) is -0.263. The number of likely N-dealkylation sites (tertiary alicyclic amines) is 1. The zero-order valence-electron chi connectivity index (χ0n) is 9.41. The molecule has 92 valence electrons. The van der Waals surface area contributed by atoms with Gasteiger partial charge in [-0.1, -0.05) is 30.3 Å². The molecule has 2 atom stereocenters. The van der Waals surface area contributed by atoms with Crippen molar-refractivity contribution in [3.63, 3.8) is 0 Å². The molecule has 5 nitrogen and oxygen atoms in total. The highest BCUT2D eigenvalue weighted by Gasteiger charge is 2.46. The Kier molecular flexibility index (Phi) is 3.04. The molecular weight excluding hydrogens is 220 g/mol. The molecule has 2 rings (SSSR count). The van der Waals surface area contributed by atoms with E-state index in [9.17, 15) is 9.90 Å². The first-order chi connectivity index (χ1) is 8.08. The number of aliphatic hydroxyl groups is 1. The Balaban J connectivity index is 2.32. The lowest BCUT2D eigenvalue weighted by molar-refractivity contribution is 0.150. The van der Waals surface area contributed by atoms with Gasteiger partial charge in [-0.05, 0) is 5.56 Å². The maximum Gasteiger partial charge on any atom is 0.407 e. The monoisotopic (exact) mass is 236 g/mol. The van der Waals surface area contributed by atoms with Gasteiger partial charge in [0.15, 0.2) is 0 Å². The predicted octanol–water partition coefficient (Wildman–Crippen LogP) is 0.443. The van der Waals surface area contributed by atoms with Gasteiger partial charge in [-0.3, -0.25) is 0 Å². The van der Waals surface area contributed by atoms with E-state index in [-0.39, 0.29) is 25.6 Å². The second kappa shape index (κ2) is 4.35. The quantitative estimate of drug-likeness (QED) is 0.695. The fourth-order valence-electron chi connectivity index (χ4n) is 2.38. The van der Waals surface area contributed by atoms with Crippen LogP contribution in [0, 0.1) is 5.92 Å². The molecule has 0 radical (unpaired) electrons. The fourth-order valence-corrected chi connectivity index (χ4v) is 2.38. The van der Waals surface area contributed by atoms with E-state index in [0.717, 1.165) is 5.56 Å². The van der Waals surface area contributed by atoms with Crippen LogP contribution >= 0.6 is 0 Å². The molecule has 5 heteroatoms. The third-order valence-electron chi connectivity index (χ3n) is 3.42. The van der Waals surface area contributed by atoms with E-state index < -0.39 is 11.6 Å². The van der Waals surface area contributed by atoms with Crippen molar-refractivity contribution < 1.29 is 15.0 Å². The third-order valence-corrected chi connectivity index (χ3v) is 3.42. The number of aliphatic hydroxyl groups excluding tert-OH is 1. The summed E-state index contributed by atoms with van der Waals surface area (Å²) in [6.45, 7) is 0.379. The van der Waals surface area contributed by atoms with Crippen LogP contribution in [0.4, 0.5) is 4.79 Å². The zero-order chi connectivity index (χ0) is 12.5. The van der Waals surface area contributed by atoms with Gasteiger partial charge >= 0.3 is 6.09 Å². The minimum absolute atomic E-state index is 0.116. The van der Waals surface area contributed by atoms with Gasteiger partial charge in [0.2, 0.25) is 0 Å². The highest BCUT2D eigenvalue weighted by atomic mass is 16.4. The van der Waals surface area contributed by atoms with Crippen molar-refractivity contribution in [1.29, 1.82) is 0 Å². The van der Waals surface area contributed by atoms with Crippen molar-refractivity contribution in [2.75, 3.05) is 19.7 Å². The molecule has 1 saturated heterocycles. The number of hydrogen-bond acceptors (Lipinski definition) is 3. The van der Waals surface area contributed by atoms with Gasteiger partial charge in [-0.15, -0.1) is 0 Å². The first-order valence-corrected chi connectivity index (χ1v) is 5.51. The van der Waals surface area contributed by atoms with E-state index in [1.165, 1.54) is 4.90 Å². The summed E-state index contributed by atoms with van der Waals surface area (Å²) in [6.07, 6.45) is -0.994. The number of nitrogens with zero attached hydrogens (tertiary/aromatic N) is 1. The van der Waals surface area contributed by atoms with Gasteiger partial charge in [0.1, 0.15) is 0 Å². The number of amides is 1. The molecule has 17 heavy (non-hydrogen) atoms. The number of carboxylic acid groups (broad SMARTS) is 1. The lowest BCUT2D eigenvalue weighted by atomic mass is 9.82. The number of benzene rings is 1. The van der Waals surface area contributed by atoms with Crippen molar-refractivity contribution in [3.05, 3.63) is 35.9 Å². The van der Waals surface area contributed by atoms with Gasteiger partial charge in [-0.25, -0.2) is 4.79 Å². The lowest BCUT2D eigenvalue weighted by Crippen LogP contribution is -2.46. The second-order valence-electron chi connectivity index (χ2n) is 4.45. The van der Waals surface area contributed by atoms with Crippen molar-refractivity contribution in [2.24, 2.45) is 11.7 Å². The van der Waals surface area contributed by atoms with Crippen LogP contribution in [-0.4, -0.2) is 40.9 Å². The molecule has 0 bridgehead atoms. The molecule has 1 fully saturated rings. The van der Waals surface area contributed by atoms with Gasteiger partial charge < -0.3 is 20.8 Å². The Hall–Kier alpha value is -1.59. The van der Waals surface area contributed by atoms with E-state index in [1.807, 2.05) is 30.3 Å². The smallest absolute Gasteiger partial charge is 0.407 e. The summed E-state index contributed by atoms with van der Waals surface area (Å²) in [5, 5.41) is 18.4. The van der Waals surface area contributed by atoms with Gasteiger partial charge in [0, 0.05) is 25.6 Å². The molecule has 1 heterocycles. The standard InChI is InChI=1S/C12H16N2O3/c13-12(9-4-2-1-3-5-9)8-14(11(16)17)6-10(12)7-15/h1-5,10,15H,6-8,13H2,(H,16,17). The second-order valence-corrected chi connectivity index (χ2v) is 4.45. The average molecular weight is 236 g/mol. The average Bonchev–Trinajstić information content (AvgIpc) is 2.69. The summed E-state index contributed by atoms with van der Waals surface area (Å²) >= 11 is 0. The van der Waals surface area contributed by atoms with E-state index in [2.05, 4.69) is 0 Å². The summed E-state index contributed by atoms with van der Waals surface area (Å²) in [5.41, 5.74) is 6.36. The summed E-state index contributed by atoms with van der Waals surface area (Å²) in [7, 11) is 0. The highest BCUT2D eigenvalue weighted by molar-refractivity contribution is 5.66. The lowest BCUT2D eigenvalue weighted by Gasteiger charge is -2.29. The normalized spacial score (nSPS) is 28.4. The maximum atomic E-state index is 11.0. The van der Waals surface area contributed by atoms with Crippen LogP contribution in [-0.2, 0) is 5.54 Å². The van der Waals surface area contributed by atoms with Crippen LogP contribution in [0.15, 0.2) is 30.3 Å². The molecule has 0 saturated carbocycles. The number of rotatable bonds is 2. The van der Waals surface area contributed by atoms with Gasteiger partial charge in [0.25, 0.3) is 0 Å². The molecule has 1 aromatic rings. The Morgan fingerprint density at radius 2 is 2.12 bits per heavy atom. The fraction of sp³-hybridized carbons (Fsp3) is 0.417. The number of hydrogen-bond donors (Lipinski definition) is 3. The molecule has 1 aromatic carbocycles. The maximum absolute atomic E-state index is 11.0. The predicted molar refractivity (Wildman–Crippen MR) is 62.5 cm³/mol. The molecule has 2 unspecified atom stereocenters. The topological polar surface area (TPSA) is 86.8 Å². The van der Waals surface area contributed by atoms with Crippen LogP contribution in [0.25, 0.3) is 0 Å². The van der Waals surface area contributed by atoms with Crippen molar-refractivity contribution >= 4 is 6.09 Å². The molecule has 1 aliphatic rings. The minimum Gasteiger partial charge on any atom is -0.465 e. The molecule has 1 aliphatic heterocycles. The van der Waals surface area contributed by atoms with Gasteiger partial charge in [0.05, 0.1) is 5.54 Å². The van der Waals surface area contributed by atoms with Crippen molar-refractivity contribution in [1.82, 2.24) is 4.90 Å². The number of nitrogens with two attached hydrogens (primary N) is 1. The first kappa shape index (κ1) is 11.9. The Labute approximate surface area is 99.5 Å². The van der Waals surface area contributed by atoms with Crippen LogP contribution in [0.2, 0.25) is 0 Å². The van der Waals surface area contributed by atoms with Crippen LogP contribution in [0.1, 0.15) is 5.56 Å². The van der Waals surface area contributed by atoms with Crippen LogP contribution in [0.5, 0.6) is 0 Å². The van der Waals surface area contributed by atoms with E-state index in [1.54, 1.807) is 0 Å². The molecule has 0 aromatic heterocycles. The number of carbonyl (C=O) groups is 1. The largest absolute Gasteiger partial charge is 0.465 e. The van der Waals surface area contributed by atoms with E-state index in [0.29, 0.717) is 0 Å². The Morgan fingerprint density at radius 3 is 2.65 bits per heavy atom. The van der Waals surface area contributed by atoms with E-state index in [4.69, 9.17) is 10.8 Å².